The van der Waals surface area contributed by atoms with Gasteiger partial charge in [0.1, 0.15) is 5.75 Å². The number of nitrogens with one attached hydrogen (secondary N) is 1. The van der Waals surface area contributed by atoms with Crippen LogP contribution in [-0.2, 0) is 0 Å². The van der Waals surface area contributed by atoms with Gasteiger partial charge < -0.3 is 10.1 Å². The maximum absolute atomic E-state index is 10.3. The van der Waals surface area contributed by atoms with Crippen LogP contribution in [-0.4, -0.2) is 23.8 Å². The van der Waals surface area contributed by atoms with E-state index in [1.165, 1.54) is 0 Å². The molecule has 1 aliphatic heterocycles. The fourth-order valence-corrected chi connectivity index (χ4v) is 1.80. The van der Waals surface area contributed by atoms with Gasteiger partial charge in [-0.25, -0.2) is 0 Å². The summed E-state index contributed by atoms with van der Waals surface area (Å²) in [4.78, 5) is 9.94. The van der Waals surface area contributed by atoms with Crippen LogP contribution in [0.3, 0.4) is 0 Å². The molecule has 1 heterocycles. The fraction of sp³-hybridized carbons (Fsp3) is 0.364. The van der Waals surface area contributed by atoms with Gasteiger partial charge in [0, 0.05) is 28.5 Å². The second kappa shape index (κ2) is 4.30. The van der Waals surface area contributed by atoms with E-state index in [0.29, 0.717) is 24.5 Å². The average Bonchev–Trinajstić information content (AvgIpc) is 2.28. The number of ether oxygens (including phenoxy) is 1. The highest BCUT2D eigenvalue weighted by Crippen LogP contribution is 2.28. The Labute approximate surface area is 92.7 Å². The number of benzene rings is 1. The third-order valence-electron chi connectivity index (χ3n) is 2.69. The van der Waals surface area contributed by atoms with Crippen molar-refractivity contribution in [2.24, 2.45) is 5.92 Å². The van der Waals surface area contributed by atoms with Crippen LogP contribution < -0.4 is 4.74 Å². The fourth-order valence-electron chi connectivity index (χ4n) is 1.80. The van der Waals surface area contributed by atoms with E-state index in [4.69, 9.17) is 10.1 Å². The minimum atomic E-state index is -0.353. The first-order chi connectivity index (χ1) is 7.68. The molecule has 0 fully saturated rings. The van der Waals surface area contributed by atoms with E-state index in [0.717, 1.165) is 5.56 Å². The molecular formula is C11H12N2O3. The smallest absolute Gasteiger partial charge is 0.204 e. The quantitative estimate of drug-likeness (QED) is 0.622. The molecule has 0 radical (unpaired) electrons. The van der Waals surface area contributed by atoms with Gasteiger partial charge in [-0.05, 0) is 12.1 Å². The van der Waals surface area contributed by atoms with E-state index >= 15 is 0 Å². The SMILES string of the molecule is N=C1c2ccccc2OCC1CC[N+](=O)[O-]. The van der Waals surface area contributed by atoms with Crippen LogP contribution in [0.2, 0.25) is 0 Å². The molecule has 84 valence electrons. The first kappa shape index (κ1) is 10.6. The molecule has 5 heteroatoms. The van der Waals surface area contributed by atoms with E-state index < -0.39 is 0 Å². The molecule has 0 amide bonds. The van der Waals surface area contributed by atoms with Crippen LogP contribution in [0.1, 0.15) is 12.0 Å². The first-order valence-corrected chi connectivity index (χ1v) is 5.11. The predicted octanol–water partition coefficient (Wildman–Crippen LogP) is 1.73. The van der Waals surface area contributed by atoms with Gasteiger partial charge in [-0.3, -0.25) is 10.1 Å². The van der Waals surface area contributed by atoms with Gasteiger partial charge in [0.15, 0.2) is 0 Å². The zero-order chi connectivity index (χ0) is 11.5. The van der Waals surface area contributed by atoms with Crippen molar-refractivity contribution in [3.63, 3.8) is 0 Å². The minimum Gasteiger partial charge on any atom is -0.492 e. The largest absolute Gasteiger partial charge is 0.492 e. The monoisotopic (exact) mass is 220 g/mol. The Morgan fingerprint density at radius 3 is 3.00 bits per heavy atom. The van der Waals surface area contributed by atoms with E-state index in [1.54, 1.807) is 0 Å². The summed E-state index contributed by atoms with van der Waals surface area (Å²) in [6.45, 7) is 0.252. The standard InChI is InChI=1S/C11H12N2O3/c12-11-8(5-6-13(14)15)7-16-10-4-2-1-3-9(10)11/h1-4,8,12H,5-7H2. The van der Waals surface area contributed by atoms with Gasteiger partial charge in [0.05, 0.1) is 6.61 Å². The van der Waals surface area contributed by atoms with Gasteiger partial charge in [-0.15, -0.1) is 0 Å². The van der Waals surface area contributed by atoms with Crippen molar-refractivity contribution in [1.29, 1.82) is 5.41 Å². The molecule has 16 heavy (non-hydrogen) atoms. The first-order valence-electron chi connectivity index (χ1n) is 5.11. The van der Waals surface area contributed by atoms with Crippen LogP contribution in [0, 0.1) is 21.4 Å². The lowest BCUT2D eigenvalue weighted by Crippen LogP contribution is -2.29. The molecule has 0 aromatic heterocycles. The summed E-state index contributed by atoms with van der Waals surface area (Å²) in [5.41, 5.74) is 1.20. The number of nitrogens with zero attached hydrogens (tertiary/aromatic N) is 1. The van der Waals surface area contributed by atoms with Crippen LogP contribution >= 0.6 is 0 Å². The van der Waals surface area contributed by atoms with Crippen LogP contribution in [0.5, 0.6) is 5.75 Å². The molecule has 1 aromatic rings. The minimum absolute atomic E-state index is 0.113. The Morgan fingerprint density at radius 2 is 2.25 bits per heavy atom. The average molecular weight is 220 g/mol. The molecule has 1 unspecified atom stereocenters. The number of rotatable bonds is 3. The Morgan fingerprint density at radius 1 is 1.50 bits per heavy atom. The van der Waals surface area contributed by atoms with Gasteiger partial charge in [-0.2, -0.15) is 0 Å². The molecule has 0 spiro atoms. The third-order valence-corrected chi connectivity index (χ3v) is 2.69. The van der Waals surface area contributed by atoms with Crippen molar-refractivity contribution >= 4 is 5.71 Å². The van der Waals surface area contributed by atoms with E-state index in [2.05, 4.69) is 0 Å². The normalized spacial score (nSPS) is 18.8. The van der Waals surface area contributed by atoms with Gasteiger partial charge in [0.2, 0.25) is 6.54 Å². The van der Waals surface area contributed by atoms with Crippen molar-refractivity contribution in [3.8, 4) is 5.75 Å². The summed E-state index contributed by atoms with van der Waals surface area (Å²) in [6.07, 6.45) is 0.361. The number of hydrogen-bond donors (Lipinski definition) is 1. The lowest BCUT2D eigenvalue weighted by atomic mass is 9.92. The molecule has 0 bridgehead atoms. The van der Waals surface area contributed by atoms with E-state index in [1.807, 2.05) is 24.3 Å². The third kappa shape index (κ3) is 2.03. The second-order valence-corrected chi connectivity index (χ2v) is 3.76. The second-order valence-electron chi connectivity index (χ2n) is 3.76. The maximum Gasteiger partial charge on any atom is 0.204 e. The van der Waals surface area contributed by atoms with Gasteiger partial charge in [0.25, 0.3) is 0 Å². The highest BCUT2D eigenvalue weighted by molar-refractivity contribution is 6.03. The highest BCUT2D eigenvalue weighted by atomic mass is 16.6. The maximum atomic E-state index is 10.3. The molecular weight excluding hydrogens is 208 g/mol. The van der Waals surface area contributed by atoms with Crippen molar-refractivity contribution in [3.05, 3.63) is 39.9 Å². The topological polar surface area (TPSA) is 76.2 Å². The molecule has 2 rings (SSSR count). The summed E-state index contributed by atoms with van der Waals surface area (Å²) in [5, 5.41) is 18.3. The summed E-state index contributed by atoms with van der Waals surface area (Å²) >= 11 is 0. The van der Waals surface area contributed by atoms with Gasteiger partial charge in [-0.1, -0.05) is 12.1 Å². The Hall–Kier alpha value is -1.91. The lowest BCUT2D eigenvalue weighted by Gasteiger charge is -2.25. The van der Waals surface area contributed by atoms with Crippen LogP contribution in [0.25, 0.3) is 0 Å². The highest BCUT2D eigenvalue weighted by Gasteiger charge is 2.26. The summed E-state index contributed by atoms with van der Waals surface area (Å²) in [5.74, 6) is 0.533. The molecule has 1 N–H and O–H groups in total. The molecule has 0 aliphatic carbocycles. The summed E-state index contributed by atoms with van der Waals surface area (Å²) in [6, 6.07) is 7.32. The number of fused-ring (bicyclic) bond motifs is 1. The summed E-state index contributed by atoms with van der Waals surface area (Å²) in [7, 11) is 0. The zero-order valence-corrected chi connectivity index (χ0v) is 8.68. The number of para-hydroxylation sites is 1. The van der Waals surface area contributed by atoms with E-state index in [9.17, 15) is 10.1 Å². The van der Waals surface area contributed by atoms with Crippen molar-refractivity contribution in [2.75, 3.05) is 13.2 Å². The van der Waals surface area contributed by atoms with Crippen molar-refractivity contribution in [2.45, 2.75) is 6.42 Å². The van der Waals surface area contributed by atoms with Crippen LogP contribution in [0.4, 0.5) is 0 Å². The lowest BCUT2D eigenvalue weighted by molar-refractivity contribution is -0.481. The Kier molecular flexibility index (Phi) is 2.85. The van der Waals surface area contributed by atoms with Gasteiger partial charge >= 0.3 is 0 Å². The van der Waals surface area contributed by atoms with Crippen molar-refractivity contribution in [1.82, 2.24) is 0 Å². The molecule has 5 nitrogen and oxygen atoms in total. The number of hydrogen-bond acceptors (Lipinski definition) is 4. The molecule has 0 saturated carbocycles. The van der Waals surface area contributed by atoms with Crippen molar-refractivity contribution < 1.29 is 9.66 Å². The molecule has 1 atom stereocenters. The van der Waals surface area contributed by atoms with E-state index in [-0.39, 0.29) is 17.4 Å². The predicted molar refractivity (Wildman–Crippen MR) is 58.7 cm³/mol. The van der Waals surface area contributed by atoms with Crippen LogP contribution in [0.15, 0.2) is 24.3 Å². The Bertz CT molecular complexity index is 431. The Balaban J connectivity index is 2.12. The molecule has 1 aromatic carbocycles. The molecule has 0 saturated heterocycles. The zero-order valence-electron chi connectivity index (χ0n) is 8.68. The molecule has 1 aliphatic rings. The number of nitro groups is 1. The summed E-state index contributed by atoms with van der Waals surface area (Å²) < 4.78 is 5.48.